The monoisotopic (exact) mass is 578 g/mol. The van der Waals surface area contributed by atoms with Gasteiger partial charge in [-0.25, -0.2) is 4.98 Å². The van der Waals surface area contributed by atoms with Gasteiger partial charge >= 0.3 is 6.18 Å². The van der Waals surface area contributed by atoms with Crippen LogP contribution in [0.15, 0.2) is 59.1 Å². The fraction of sp³-hybridized carbons (Fsp3) is 0.280. The number of alkyl halides is 3. The Balaban J connectivity index is 1.19. The third-order valence-corrected chi connectivity index (χ3v) is 8.27. The highest BCUT2D eigenvalue weighted by atomic mass is 35.5. The van der Waals surface area contributed by atoms with E-state index >= 15 is 0 Å². The predicted molar refractivity (Wildman–Crippen MR) is 142 cm³/mol. The lowest BCUT2D eigenvalue weighted by Gasteiger charge is -2.36. The number of thiazole rings is 1. The highest BCUT2D eigenvalue weighted by Crippen LogP contribution is 2.32. The van der Waals surface area contributed by atoms with Crippen LogP contribution in [0.3, 0.4) is 0 Å². The van der Waals surface area contributed by atoms with Gasteiger partial charge in [0, 0.05) is 42.3 Å². The van der Waals surface area contributed by atoms with E-state index in [2.05, 4.69) is 15.2 Å². The third-order valence-electron chi connectivity index (χ3n) is 6.06. The van der Waals surface area contributed by atoms with Crippen molar-refractivity contribution in [1.82, 2.24) is 24.6 Å². The molecule has 1 aliphatic rings. The van der Waals surface area contributed by atoms with Gasteiger partial charge in [-0.05, 0) is 43.3 Å². The van der Waals surface area contributed by atoms with E-state index in [1.807, 2.05) is 34.6 Å². The van der Waals surface area contributed by atoms with Crippen molar-refractivity contribution in [2.24, 2.45) is 0 Å². The number of nitrogens with zero attached hydrogens (tertiary/aromatic N) is 6. The molecule has 4 aromatic rings. The van der Waals surface area contributed by atoms with Gasteiger partial charge in [-0.15, -0.1) is 21.5 Å². The van der Waals surface area contributed by atoms with Crippen LogP contribution in [0.5, 0.6) is 0 Å². The van der Waals surface area contributed by atoms with Crippen LogP contribution in [0.1, 0.15) is 26.9 Å². The molecular formula is C25H22ClF3N6OS2. The maximum absolute atomic E-state index is 13.1. The minimum absolute atomic E-state index is 0.181. The van der Waals surface area contributed by atoms with Gasteiger partial charge in [-0.2, -0.15) is 13.2 Å². The normalized spacial score (nSPS) is 14.2. The summed E-state index contributed by atoms with van der Waals surface area (Å²) in [6.07, 6.45) is -4.39. The average molecular weight is 579 g/mol. The van der Waals surface area contributed by atoms with E-state index in [4.69, 9.17) is 11.6 Å². The van der Waals surface area contributed by atoms with Gasteiger partial charge in [0.1, 0.15) is 16.5 Å². The van der Waals surface area contributed by atoms with Gasteiger partial charge < -0.3 is 9.80 Å². The van der Waals surface area contributed by atoms with Gasteiger partial charge in [-0.3, -0.25) is 9.36 Å². The first-order valence-corrected chi connectivity index (χ1v) is 13.9. The minimum atomic E-state index is -4.39. The van der Waals surface area contributed by atoms with Crippen molar-refractivity contribution in [3.8, 4) is 5.69 Å². The number of thioether (sulfide) groups is 1. The first kappa shape index (κ1) is 26.5. The number of hydrogen-bond acceptors (Lipinski definition) is 7. The summed E-state index contributed by atoms with van der Waals surface area (Å²) >= 11 is 9.01. The summed E-state index contributed by atoms with van der Waals surface area (Å²) < 4.78 is 41.1. The van der Waals surface area contributed by atoms with Crippen molar-refractivity contribution >= 4 is 46.3 Å². The van der Waals surface area contributed by atoms with Crippen LogP contribution >= 0.6 is 34.7 Å². The Kier molecular flexibility index (Phi) is 7.64. The summed E-state index contributed by atoms with van der Waals surface area (Å²) in [4.78, 5) is 21.1. The molecule has 0 radical (unpaired) electrons. The highest BCUT2D eigenvalue weighted by Gasteiger charge is 2.31. The first-order valence-electron chi connectivity index (χ1n) is 11.7. The number of carbonyl (C=O) groups excluding carboxylic acids is 1. The molecule has 0 spiro atoms. The van der Waals surface area contributed by atoms with Gasteiger partial charge in [0.25, 0.3) is 5.91 Å². The number of carbonyl (C=O) groups is 1. The SMILES string of the molecule is Cc1nnc(SCc2nc(C(=O)N3CCN(c4cccc(C(F)(F)F)c4)CC3)cs2)n1-c1cccc(Cl)c1. The van der Waals surface area contributed by atoms with E-state index < -0.39 is 11.7 Å². The van der Waals surface area contributed by atoms with Gasteiger partial charge in [0.2, 0.25) is 0 Å². The van der Waals surface area contributed by atoms with Crippen molar-refractivity contribution in [3.63, 3.8) is 0 Å². The lowest BCUT2D eigenvalue weighted by Crippen LogP contribution is -2.49. The molecule has 0 bridgehead atoms. The molecule has 198 valence electrons. The summed E-state index contributed by atoms with van der Waals surface area (Å²) in [6.45, 7) is 3.55. The van der Waals surface area contributed by atoms with Gasteiger partial charge in [0.05, 0.1) is 17.0 Å². The quantitative estimate of drug-likeness (QED) is 0.263. The summed E-state index contributed by atoms with van der Waals surface area (Å²) in [5.41, 5.74) is 1.05. The number of aromatic nitrogens is 4. The second kappa shape index (κ2) is 11.0. The Bertz CT molecular complexity index is 1450. The molecule has 1 fully saturated rings. The van der Waals surface area contributed by atoms with Crippen molar-refractivity contribution in [2.75, 3.05) is 31.1 Å². The van der Waals surface area contributed by atoms with Crippen LogP contribution in [0.25, 0.3) is 5.69 Å². The van der Waals surface area contributed by atoms with Crippen LogP contribution < -0.4 is 4.90 Å². The number of benzene rings is 2. The number of amides is 1. The summed E-state index contributed by atoms with van der Waals surface area (Å²) in [5, 5.41) is 12.3. The Labute approximate surface area is 230 Å². The van der Waals surface area contributed by atoms with E-state index in [1.54, 1.807) is 22.4 Å². The van der Waals surface area contributed by atoms with Crippen LogP contribution in [0, 0.1) is 6.92 Å². The minimum Gasteiger partial charge on any atom is -0.368 e. The molecule has 1 amide bonds. The standard InChI is InChI=1S/C25H22ClF3N6OS2/c1-16-31-32-24(35(16)20-7-3-5-18(26)13-20)38-15-22-30-21(14-37-22)23(36)34-10-8-33(9-11-34)19-6-2-4-17(12-19)25(27,28)29/h2-7,12-14H,8-11,15H2,1H3. The molecule has 0 atom stereocenters. The summed E-state index contributed by atoms with van der Waals surface area (Å²) in [7, 11) is 0. The molecule has 2 aromatic carbocycles. The Morgan fingerprint density at radius 2 is 1.79 bits per heavy atom. The van der Waals surface area contributed by atoms with Gasteiger partial charge in [-0.1, -0.05) is 35.5 Å². The fourth-order valence-electron chi connectivity index (χ4n) is 4.16. The lowest BCUT2D eigenvalue weighted by atomic mass is 10.1. The molecule has 3 heterocycles. The van der Waals surface area contributed by atoms with Crippen molar-refractivity contribution < 1.29 is 18.0 Å². The van der Waals surface area contributed by atoms with Gasteiger partial charge in [0.15, 0.2) is 5.16 Å². The van der Waals surface area contributed by atoms with Crippen LogP contribution in [-0.2, 0) is 11.9 Å². The first-order chi connectivity index (χ1) is 18.2. The largest absolute Gasteiger partial charge is 0.416 e. The zero-order valence-corrected chi connectivity index (χ0v) is 22.5. The molecule has 13 heteroatoms. The van der Waals surface area contributed by atoms with E-state index in [0.29, 0.717) is 53.5 Å². The summed E-state index contributed by atoms with van der Waals surface area (Å²) in [5.74, 6) is 1.06. The van der Waals surface area contributed by atoms with Crippen LogP contribution in [0.4, 0.5) is 18.9 Å². The van der Waals surface area contributed by atoms with Crippen molar-refractivity contribution in [1.29, 1.82) is 0 Å². The molecule has 0 unspecified atom stereocenters. The zero-order valence-electron chi connectivity index (χ0n) is 20.2. The lowest BCUT2D eigenvalue weighted by molar-refractivity contribution is -0.137. The number of halogens is 4. The molecule has 5 rings (SSSR count). The highest BCUT2D eigenvalue weighted by molar-refractivity contribution is 7.98. The van der Waals surface area contributed by atoms with E-state index in [0.717, 1.165) is 28.7 Å². The maximum Gasteiger partial charge on any atom is 0.416 e. The Hall–Kier alpha value is -3.09. The molecule has 0 saturated carbocycles. The van der Waals surface area contributed by atoms with Crippen molar-refractivity contribution in [2.45, 2.75) is 24.0 Å². The molecule has 7 nitrogen and oxygen atoms in total. The number of aryl methyl sites for hydroxylation is 1. The van der Waals surface area contributed by atoms with Crippen LogP contribution in [0.2, 0.25) is 5.02 Å². The number of anilines is 1. The number of piperazine rings is 1. The zero-order chi connectivity index (χ0) is 26.9. The smallest absolute Gasteiger partial charge is 0.368 e. The molecule has 0 N–H and O–H groups in total. The fourth-order valence-corrected chi connectivity index (χ4v) is 6.13. The summed E-state index contributed by atoms with van der Waals surface area (Å²) in [6, 6.07) is 12.7. The molecule has 2 aromatic heterocycles. The number of rotatable bonds is 6. The molecule has 0 aliphatic carbocycles. The van der Waals surface area contributed by atoms with Crippen LogP contribution in [-0.4, -0.2) is 56.7 Å². The molecule has 1 saturated heterocycles. The second-order valence-electron chi connectivity index (χ2n) is 8.59. The topological polar surface area (TPSA) is 67.2 Å². The van der Waals surface area contributed by atoms with Crippen molar-refractivity contribution in [3.05, 3.63) is 81.0 Å². The average Bonchev–Trinajstić information content (AvgIpc) is 3.53. The second-order valence-corrected chi connectivity index (χ2v) is 10.9. The molecular weight excluding hydrogens is 557 g/mol. The maximum atomic E-state index is 13.1. The third kappa shape index (κ3) is 5.82. The number of hydrogen-bond donors (Lipinski definition) is 0. The Morgan fingerprint density at radius 3 is 2.53 bits per heavy atom. The molecule has 1 aliphatic heterocycles. The Morgan fingerprint density at radius 1 is 1.05 bits per heavy atom. The molecule has 38 heavy (non-hydrogen) atoms. The predicted octanol–water partition coefficient (Wildman–Crippen LogP) is 5.96. The van der Waals surface area contributed by atoms with E-state index in [1.165, 1.54) is 29.2 Å². The van der Waals surface area contributed by atoms with E-state index in [9.17, 15) is 18.0 Å². The van der Waals surface area contributed by atoms with E-state index in [-0.39, 0.29) is 5.91 Å².